The Hall–Kier alpha value is -2.82. The Morgan fingerprint density at radius 3 is 2.52 bits per heavy atom. The van der Waals surface area contributed by atoms with Crippen LogP contribution in [-0.4, -0.2) is 13.0 Å². The quantitative estimate of drug-likeness (QED) is 0.654. The van der Waals surface area contributed by atoms with E-state index in [4.69, 9.17) is 16.3 Å². The SMILES string of the molecule is COc1cccc(NC(=O)[C@@H]([NH2+]Cc2ccccc2Cl)c2ccccc2)c1. The summed E-state index contributed by atoms with van der Waals surface area (Å²) in [5.41, 5.74) is 2.63. The first kappa shape index (κ1) is 19.0. The summed E-state index contributed by atoms with van der Waals surface area (Å²) in [6.07, 6.45) is 0. The molecule has 1 amide bonds. The molecule has 0 aromatic heterocycles. The second-order valence-corrected chi connectivity index (χ2v) is 6.55. The third-order valence-corrected chi connectivity index (χ3v) is 4.68. The number of rotatable bonds is 7. The van der Waals surface area contributed by atoms with Gasteiger partial charge in [-0.15, -0.1) is 0 Å². The van der Waals surface area contributed by atoms with Gasteiger partial charge >= 0.3 is 0 Å². The maximum absolute atomic E-state index is 13.0. The van der Waals surface area contributed by atoms with E-state index in [1.54, 1.807) is 13.2 Å². The minimum absolute atomic E-state index is 0.0958. The first-order valence-corrected chi connectivity index (χ1v) is 9.12. The number of hydrogen-bond donors (Lipinski definition) is 2. The maximum atomic E-state index is 13.0. The highest BCUT2D eigenvalue weighted by Gasteiger charge is 2.24. The molecular weight excluding hydrogens is 360 g/mol. The monoisotopic (exact) mass is 381 g/mol. The molecule has 0 saturated carbocycles. The molecule has 138 valence electrons. The van der Waals surface area contributed by atoms with Crippen LogP contribution in [0.4, 0.5) is 5.69 Å². The van der Waals surface area contributed by atoms with Crippen LogP contribution in [-0.2, 0) is 11.3 Å². The number of carbonyl (C=O) groups excluding carboxylic acids is 1. The highest BCUT2D eigenvalue weighted by molar-refractivity contribution is 6.31. The number of anilines is 1. The molecule has 3 aromatic rings. The normalized spacial score (nSPS) is 11.6. The van der Waals surface area contributed by atoms with Gasteiger partial charge in [-0.05, 0) is 18.2 Å². The summed E-state index contributed by atoms with van der Waals surface area (Å²) in [7, 11) is 1.60. The van der Waals surface area contributed by atoms with E-state index in [1.165, 1.54) is 0 Å². The fourth-order valence-electron chi connectivity index (χ4n) is 2.88. The van der Waals surface area contributed by atoms with Gasteiger partial charge in [-0.25, -0.2) is 0 Å². The lowest BCUT2D eigenvalue weighted by molar-refractivity contribution is -0.697. The van der Waals surface area contributed by atoms with Crippen molar-refractivity contribution in [3.8, 4) is 5.75 Å². The molecule has 0 aliphatic carbocycles. The van der Waals surface area contributed by atoms with Crippen molar-refractivity contribution in [2.45, 2.75) is 12.6 Å². The number of ether oxygens (including phenoxy) is 1. The summed E-state index contributed by atoms with van der Waals surface area (Å²) in [4.78, 5) is 13.0. The van der Waals surface area contributed by atoms with Crippen molar-refractivity contribution in [3.05, 3.63) is 95.0 Å². The summed E-state index contributed by atoms with van der Waals surface area (Å²) >= 11 is 6.26. The number of quaternary nitrogens is 1. The average molecular weight is 382 g/mol. The smallest absolute Gasteiger partial charge is 0.287 e. The lowest BCUT2D eigenvalue weighted by atomic mass is 10.1. The molecule has 0 radical (unpaired) electrons. The Balaban J connectivity index is 1.79. The van der Waals surface area contributed by atoms with Crippen LogP contribution in [0.15, 0.2) is 78.9 Å². The summed E-state index contributed by atoms with van der Waals surface area (Å²) in [6, 6.07) is 24.3. The van der Waals surface area contributed by atoms with Crippen LogP contribution in [0.1, 0.15) is 17.2 Å². The van der Waals surface area contributed by atoms with Crippen molar-refractivity contribution < 1.29 is 14.8 Å². The van der Waals surface area contributed by atoms with Crippen molar-refractivity contribution in [2.75, 3.05) is 12.4 Å². The number of nitrogens with one attached hydrogen (secondary N) is 1. The van der Waals surface area contributed by atoms with E-state index >= 15 is 0 Å². The minimum Gasteiger partial charge on any atom is -0.497 e. The molecule has 27 heavy (non-hydrogen) atoms. The molecule has 0 fully saturated rings. The Morgan fingerprint density at radius 1 is 1.04 bits per heavy atom. The molecule has 4 nitrogen and oxygen atoms in total. The van der Waals surface area contributed by atoms with Crippen molar-refractivity contribution in [2.24, 2.45) is 0 Å². The van der Waals surface area contributed by atoms with Crippen LogP contribution < -0.4 is 15.4 Å². The number of carbonyl (C=O) groups is 1. The lowest BCUT2D eigenvalue weighted by Crippen LogP contribution is -2.85. The number of halogens is 1. The van der Waals surface area contributed by atoms with Gasteiger partial charge in [-0.2, -0.15) is 0 Å². The van der Waals surface area contributed by atoms with E-state index in [1.807, 2.05) is 78.1 Å². The highest BCUT2D eigenvalue weighted by atomic mass is 35.5. The predicted octanol–water partition coefficient (Wildman–Crippen LogP) is 3.79. The lowest BCUT2D eigenvalue weighted by Gasteiger charge is -2.17. The maximum Gasteiger partial charge on any atom is 0.287 e. The summed E-state index contributed by atoms with van der Waals surface area (Å²) in [6.45, 7) is 0.602. The van der Waals surface area contributed by atoms with Crippen LogP contribution in [0.2, 0.25) is 5.02 Å². The number of nitrogens with two attached hydrogens (primary N) is 1. The van der Waals surface area contributed by atoms with Gasteiger partial charge < -0.3 is 15.4 Å². The zero-order chi connectivity index (χ0) is 19.1. The van der Waals surface area contributed by atoms with E-state index in [2.05, 4.69) is 5.32 Å². The summed E-state index contributed by atoms with van der Waals surface area (Å²) in [5, 5.41) is 5.68. The van der Waals surface area contributed by atoms with E-state index in [0.717, 1.165) is 11.1 Å². The van der Waals surface area contributed by atoms with E-state index in [0.29, 0.717) is 23.0 Å². The van der Waals surface area contributed by atoms with Crippen LogP contribution in [0.5, 0.6) is 5.75 Å². The average Bonchev–Trinajstić information content (AvgIpc) is 2.70. The number of methoxy groups -OCH3 is 1. The molecule has 0 spiro atoms. The van der Waals surface area contributed by atoms with E-state index in [9.17, 15) is 4.79 Å². The zero-order valence-electron chi connectivity index (χ0n) is 15.1. The topological polar surface area (TPSA) is 54.9 Å². The summed E-state index contributed by atoms with van der Waals surface area (Å²) in [5.74, 6) is 0.602. The molecule has 0 aliphatic rings. The van der Waals surface area contributed by atoms with E-state index in [-0.39, 0.29) is 5.91 Å². The van der Waals surface area contributed by atoms with Crippen LogP contribution in [0.3, 0.4) is 0 Å². The first-order chi connectivity index (χ1) is 13.2. The third kappa shape index (κ3) is 5.09. The Kier molecular flexibility index (Phi) is 6.47. The Morgan fingerprint density at radius 2 is 1.78 bits per heavy atom. The van der Waals surface area contributed by atoms with Crippen LogP contribution in [0, 0.1) is 0 Å². The number of benzene rings is 3. The van der Waals surface area contributed by atoms with Crippen molar-refractivity contribution in [1.29, 1.82) is 0 Å². The van der Waals surface area contributed by atoms with Gasteiger partial charge in [0.05, 0.1) is 7.11 Å². The van der Waals surface area contributed by atoms with Gasteiger partial charge in [0.15, 0.2) is 6.04 Å². The molecule has 0 bridgehead atoms. The van der Waals surface area contributed by atoms with Crippen LogP contribution >= 0.6 is 11.6 Å². The Bertz CT molecular complexity index is 900. The number of amides is 1. The molecule has 0 heterocycles. The minimum atomic E-state index is -0.395. The fourth-order valence-corrected chi connectivity index (χ4v) is 3.10. The molecule has 0 aliphatic heterocycles. The van der Waals surface area contributed by atoms with Gasteiger partial charge in [-0.3, -0.25) is 4.79 Å². The van der Waals surface area contributed by atoms with Crippen molar-refractivity contribution in [3.63, 3.8) is 0 Å². The van der Waals surface area contributed by atoms with Gasteiger partial charge in [0.1, 0.15) is 12.3 Å². The molecule has 0 unspecified atom stereocenters. The first-order valence-electron chi connectivity index (χ1n) is 8.74. The number of hydrogen-bond acceptors (Lipinski definition) is 2. The second kappa shape index (κ2) is 9.21. The molecule has 5 heteroatoms. The van der Waals surface area contributed by atoms with Gasteiger partial charge in [-0.1, -0.05) is 66.2 Å². The Labute approximate surface area is 164 Å². The van der Waals surface area contributed by atoms with Gasteiger partial charge in [0.2, 0.25) is 0 Å². The predicted molar refractivity (Wildman–Crippen MR) is 108 cm³/mol. The molecule has 0 saturated heterocycles. The molecular formula is C22H22ClN2O2+. The van der Waals surface area contributed by atoms with Gasteiger partial charge in [0.25, 0.3) is 5.91 Å². The van der Waals surface area contributed by atoms with Crippen LogP contribution in [0.25, 0.3) is 0 Å². The molecule has 3 N–H and O–H groups in total. The fraction of sp³-hybridized carbons (Fsp3) is 0.136. The highest BCUT2D eigenvalue weighted by Crippen LogP contribution is 2.19. The molecule has 3 rings (SSSR count). The summed E-state index contributed by atoms with van der Waals surface area (Å²) < 4.78 is 5.23. The largest absolute Gasteiger partial charge is 0.497 e. The van der Waals surface area contributed by atoms with Crippen molar-refractivity contribution in [1.82, 2.24) is 0 Å². The van der Waals surface area contributed by atoms with Gasteiger partial charge in [0, 0.05) is 27.9 Å². The molecule has 1 atom stereocenters. The zero-order valence-corrected chi connectivity index (χ0v) is 15.8. The van der Waals surface area contributed by atoms with Crippen molar-refractivity contribution >= 4 is 23.2 Å². The standard InChI is InChI=1S/C22H21ClN2O2/c1-27-19-12-7-11-18(14-19)25-22(26)21(16-8-3-2-4-9-16)24-15-17-10-5-6-13-20(17)23/h2-14,21,24H,15H2,1H3,(H,25,26)/p+1/t21-/m0/s1. The molecule has 3 aromatic carbocycles. The second-order valence-electron chi connectivity index (χ2n) is 6.14. The van der Waals surface area contributed by atoms with E-state index < -0.39 is 6.04 Å². The third-order valence-electron chi connectivity index (χ3n) is 4.31.